The van der Waals surface area contributed by atoms with Gasteiger partial charge in [-0.2, -0.15) is 0 Å². The highest BCUT2D eigenvalue weighted by atomic mass is 35.5. The van der Waals surface area contributed by atoms with E-state index < -0.39 is 0 Å². The number of hydrogen-bond donors (Lipinski definition) is 2. The van der Waals surface area contributed by atoms with Crippen molar-refractivity contribution >= 4 is 29.4 Å². The van der Waals surface area contributed by atoms with Gasteiger partial charge in [-0.3, -0.25) is 4.79 Å². The first kappa shape index (κ1) is 10.5. The molecule has 1 heterocycles. The molecule has 74 valence electrons. The van der Waals surface area contributed by atoms with E-state index >= 15 is 0 Å². The average molecular weight is 212 g/mol. The summed E-state index contributed by atoms with van der Waals surface area (Å²) in [5, 5.41) is 0.498. The number of primary amides is 1. The summed E-state index contributed by atoms with van der Waals surface area (Å²) in [6.45, 7) is 0. The lowest BCUT2D eigenvalue weighted by Crippen LogP contribution is -2.07. The Labute approximate surface area is 86.6 Å². The van der Waals surface area contributed by atoms with Crippen LogP contribution in [0.3, 0.4) is 0 Å². The van der Waals surface area contributed by atoms with Gasteiger partial charge in [0.25, 0.3) is 0 Å². The highest BCUT2D eigenvalue weighted by Gasteiger charge is 1.97. The number of halogens is 1. The summed E-state index contributed by atoms with van der Waals surface area (Å²) in [4.78, 5) is 14.3. The molecule has 4 nitrogen and oxygen atoms in total. The van der Waals surface area contributed by atoms with Crippen LogP contribution in [0.25, 0.3) is 6.08 Å². The number of nitrogens with zero attached hydrogens (tertiary/aromatic N) is 1. The predicted molar refractivity (Wildman–Crippen MR) is 56.5 cm³/mol. The van der Waals surface area contributed by atoms with Crippen molar-refractivity contribution in [3.05, 3.63) is 28.9 Å². The molecule has 0 aliphatic carbocycles. The molecule has 0 aromatic carbocycles. The minimum atomic E-state index is -0.388. The SMILES string of the molecule is NC(=O)CC=Cc1cnc(N)cc1Cl. The minimum Gasteiger partial charge on any atom is -0.384 e. The number of nitrogens with two attached hydrogens (primary N) is 2. The number of aromatic nitrogens is 1. The Morgan fingerprint density at radius 2 is 2.36 bits per heavy atom. The van der Waals surface area contributed by atoms with Gasteiger partial charge in [0.15, 0.2) is 0 Å². The topological polar surface area (TPSA) is 82.0 Å². The Morgan fingerprint density at radius 3 is 2.93 bits per heavy atom. The lowest BCUT2D eigenvalue weighted by atomic mass is 10.2. The number of hydrogen-bond acceptors (Lipinski definition) is 3. The first-order valence-corrected chi connectivity index (χ1v) is 4.33. The largest absolute Gasteiger partial charge is 0.384 e. The molecule has 0 bridgehead atoms. The van der Waals surface area contributed by atoms with Gasteiger partial charge in [0.1, 0.15) is 5.82 Å². The van der Waals surface area contributed by atoms with Gasteiger partial charge in [-0.05, 0) is 6.07 Å². The average Bonchev–Trinajstić information content (AvgIpc) is 2.08. The summed E-state index contributed by atoms with van der Waals surface area (Å²) in [5.41, 5.74) is 11.1. The third kappa shape index (κ3) is 3.06. The second-order valence-corrected chi connectivity index (χ2v) is 3.11. The summed E-state index contributed by atoms with van der Waals surface area (Å²) >= 11 is 5.86. The van der Waals surface area contributed by atoms with E-state index in [-0.39, 0.29) is 12.3 Å². The van der Waals surface area contributed by atoms with E-state index in [1.54, 1.807) is 18.2 Å². The molecule has 0 atom stereocenters. The monoisotopic (exact) mass is 211 g/mol. The van der Waals surface area contributed by atoms with Crippen LogP contribution >= 0.6 is 11.6 Å². The minimum absolute atomic E-state index is 0.181. The lowest BCUT2D eigenvalue weighted by Gasteiger charge is -1.98. The van der Waals surface area contributed by atoms with E-state index in [2.05, 4.69) is 4.98 Å². The van der Waals surface area contributed by atoms with Crippen molar-refractivity contribution in [1.29, 1.82) is 0 Å². The van der Waals surface area contributed by atoms with E-state index in [1.807, 2.05) is 0 Å². The summed E-state index contributed by atoms with van der Waals surface area (Å²) in [6, 6.07) is 1.55. The third-order valence-electron chi connectivity index (χ3n) is 1.52. The molecule has 1 aromatic heterocycles. The number of nitrogen functional groups attached to an aromatic ring is 1. The molecule has 4 N–H and O–H groups in total. The van der Waals surface area contributed by atoms with Crippen molar-refractivity contribution in [2.75, 3.05) is 5.73 Å². The fourth-order valence-electron chi connectivity index (χ4n) is 0.881. The molecule has 14 heavy (non-hydrogen) atoms. The summed E-state index contributed by atoms with van der Waals surface area (Å²) in [6.07, 6.45) is 5.02. The van der Waals surface area contributed by atoms with Crippen molar-refractivity contribution < 1.29 is 4.79 Å². The number of carbonyl (C=O) groups is 1. The highest BCUT2D eigenvalue weighted by Crippen LogP contribution is 2.18. The van der Waals surface area contributed by atoms with Crippen LogP contribution in [0.5, 0.6) is 0 Å². The van der Waals surface area contributed by atoms with Gasteiger partial charge < -0.3 is 11.5 Å². The van der Waals surface area contributed by atoms with Crippen LogP contribution in [0.1, 0.15) is 12.0 Å². The fraction of sp³-hybridized carbons (Fsp3) is 0.111. The van der Waals surface area contributed by atoms with E-state index in [9.17, 15) is 4.79 Å². The third-order valence-corrected chi connectivity index (χ3v) is 1.85. The van der Waals surface area contributed by atoms with E-state index in [0.717, 1.165) is 0 Å². The maximum absolute atomic E-state index is 10.4. The first-order chi connectivity index (χ1) is 6.59. The zero-order valence-electron chi connectivity index (χ0n) is 7.40. The molecule has 5 heteroatoms. The second kappa shape index (κ2) is 4.62. The molecular formula is C9H10ClN3O. The van der Waals surface area contributed by atoms with Gasteiger partial charge in [0.2, 0.25) is 5.91 Å². The van der Waals surface area contributed by atoms with Crippen LogP contribution in [-0.2, 0) is 4.79 Å². The molecule has 0 aliphatic rings. The second-order valence-electron chi connectivity index (χ2n) is 2.70. The zero-order valence-corrected chi connectivity index (χ0v) is 8.16. The maximum atomic E-state index is 10.4. The van der Waals surface area contributed by atoms with Crippen LogP contribution in [0, 0.1) is 0 Å². The Kier molecular flexibility index (Phi) is 3.48. The van der Waals surface area contributed by atoms with E-state index in [4.69, 9.17) is 23.1 Å². The molecule has 1 rings (SSSR count). The predicted octanol–water partition coefficient (Wildman–Crippen LogP) is 1.21. The molecular weight excluding hydrogens is 202 g/mol. The molecule has 0 fully saturated rings. The number of amides is 1. The quantitative estimate of drug-likeness (QED) is 0.788. The van der Waals surface area contributed by atoms with Gasteiger partial charge >= 0.3 is 0 Å². The highest BCUT2D eigenvalue weighted by molar-refractivity contribution is 6.32. The van der Waals surface area contributed by atoms with Gasteiger partial charge in [-0.25, -0.2) is 4.98 Å². The van der Waals surface area contributed by atoms with Crippen molar-refractivity contribution in [1.82, 2.24) is 4.98 Å². The molecule has 0 aliphatic heterocycles. The molecule has 0 saturated heterocycles. The Hall–Kier alpha value is -1.55. The van der Waals surface area contributed by atoms with Crippen LogP contribution < -0.4 is 11.5 Å². The van der Waals surface area contributed by atoms with Gasteiger partial charge in [0, 0.05) is 18.2 Å². The smallest absolute Gasteiger partial charge is 0.221 e. The fourth-order valence-corrected chi connectivity index (χ4v) is 1.10. The Morgan fingerprint density at radius 1 is 1.64 bits per heavy atom. The molecule has 0 radical (unpaired) electrons. The summed E-state index contributed by atoms with van der Waals surface area (Å²) in [7, 11) is 0. The number of pyridine rings is 1. The molecule has 0 spiro atoms. The normalized spacial score (nSPS) is 10.6. The van der Waals surface area contributed by atoms with Crippen LogP contribution in [0.4, 0.5) is 5.82 Å². The van der Waals surface area contributed by atoms with E-state index in [0.29, 0.717) is 16.4 Å². The Bertz CT molecular complexity index is 376. The van der Waals surface area contributed by atoms with Crippen molar-refractivity contribution in [3.8, 4) is 0 Å². The van der Waals surface area contributed by atoms with Crippen LogP contribution in [-0.4, -0.2) is 10.9 Å². The summed E-state index contributed by atoms with van der Waals surface area (Å²) < 4.78 is 0. The van der Waals surface area contributed by atoms with Crippen molar-refractivity contribution in [3.63, 3.8) is 0 Å². The van der Waals surface area contributed by atoms with Crippen molar-refractivity contribution in [2.45, 2.75) is 6.42 Å². The molecule has 1 amide bonds. The first-order valence-electron chi connectivity index (χ1n) is 3.95. The lowest BCUT2D eigenvalue weighted by molar-refractivity contribution is -0.117. The molecule has 0 unspecified atom stereocenters. The Balaban J connectivity index is 2.76. The zero-order chi connectivity index (χ0) is 10.6. The number of anilines is 1. The maximum Gasteiger partial charge on any atom is 0.221 e. The molecule has 1 aromatic rings. The van der Waals surface area contributed by atoms with Gasteiger partial charge in [0.05, 0.1) is 5.02 Å². The number of carbonyl (C=O) groups excluding carboxylic acids is 1. The molecule has 0 saturated carbocycles. The van der Waals surface area contributed by atoms with Crippen LogP contribution in [0.15, 0.2) is 18.3 Å². The van der Waals surface area contributed by atoms with Crippen LogP contribution in [0.2, 0.25) is 5.02 Å². The number of rotatable bonds is 3. The standard InChI is InChI=1S/C9H10ClN3O/c10-7-4-8(11)13-5-6(7)2-1-3-9(12)14/h1-2,4-5H,3H2,(H2,11,13)(H2,12,14). The van der Waals surface area contributed by atoms with E-state index in [1.165, 1.54) is 6.20 Å². The van der Waals surface area contributed by atoms with Crippen molar-refractivity contribution in [2.24, 2.45) is 5.73 Å². The summed E-state index contributed by atoms with van der Waals surface area (Å²) in [5.74, 6) is -0.0252. The van der Waals surface area contributed by atoms with Gasteiger partial charge in [-0.15, -0.1) is 0 Å². The van der Waals surface area contributed by atoms with Gasteiger partial charge in [-0.1, -0.05) is 23.8 Å².